The van der Waals surface area contributed by atoms with E-state index in [9.17, 15) is 5.21 Å². The Morgan fingerprint density at radius 3 is 2.75 bits per heavy atom. The number of nitrogens with zero attached hydrogens (tertiary/aromatic N) is 4. The summed E-state index contributed by atoms with van der Waals surface area (Å²) in [6.45, 7) is 1.68. The van der Waals surface area contributed by atoms with Crippen LogP contribution in [-0.4, -0.2) is 30.5 Å². The Kier molecular flexibility index (Phi) is 2.27. The zero-order valence-corrected chi connectivity index (χ0v) is 7.18. The molecule has 6 heteroatoms. The van der Waals surface area contributed by atoms with E-state index in [-0.39, 0.29) is 0 Å². The average Bonchev–Trinajstić information content (AvgIpc) is 2.28. The highest BCUT2D eigenvalue weighted by Crippen LogP contribution is 1.93. The summed E-state index contributed by atoms with van der Waals surface area (Å²) in [7, 11) is 3.52. The maximum absolute atomic E-state index is 10.8. The Balaban J connectivity index is 2.87. The number of aryl methyl sites for hydroxylation is 1. The molecule has 1 heterocycles. The first-order valence-electron chi connectivity index (χ1n) is 3.39. The fourth-order valence-corrected chi connectivity index (χ4v) is 0.632. The van der Waals surface area contributed by atoms with Crippen molar-refractivity contribution in [2.75, 3.05) is 14.1 Å². The minimum absolute atomic E-state index is 0.322. The van der Waals surface area contributed by atoms with E-state index in [2.05, 4.69) is 14.9 Å². The normalized spacial score (nSPS) is 10.9. The molecule has 12 heavy (non-hydrogen) atoms. The molecule has 1 aromatic heterocycles. The zero-order chi connectivity index (χ0) is 9.14. The minimum Gasteiger partial charge on any atom is -0.359 e. The first-order chi connectivity index (χ1) is 5.61. The number of hydrazone groups is 1. The summed E-state index contributed by atoms with van der Waals surface area (Å²) in [4.78, 5) is 0.322. The molecule has 0 bridgehead atoms. The van der Waals surface area contributed by atoms with Crippen molar-refractivity contribution in [3.8, 4) is 0 Å². The maximum atomic E-state index is 10.8. The monoisotopic (exact) mass is 170 g/mol. The number of hydrogen-bond acceptors (Lipinski definition) is 5. The minimum atomic E-state index is 0.322. The van der Waals surface area contributed by atoms with Gasteiger partial charge < -0.3 is 10.2 Å². The van der Waals surface area contributed by atoms with E-state index in [0.29, 0.717) is 16.3 Å². The summed E-state index contributed by atoms with van der Waals surface area (Å²) < 4.78 is 4.33. The summed E-state index contributed by atoms with van der Waals surface area (Å²) in [6, 6.07) is 0. The van der Waals surface area contributed by atoms with Crippen LogP contribution in [0.25, 0.3) is 0 Å². The third kappa shape index (κ3) is 1.71. The van der Waals surface area contributed by atoms with Crippen molar-refractivity contribution >= 4 is 6.21 Å². The van der Waals surface area contributed by atoms with Crippen LogP contribution in [0.3, 0.4) is 0 Å². The number of aromatic nitrogens is 2. The molecule has 0 fully saturated rings. The van der Waals surface area contributed by atoms with Crippen molar-refractivity contribution in [1.29, 1.82) is 0 Å². The van der Waals surface area contributed by atoms with Crippen LogP contribution in [0.2, 0.25) is 0 Å². The fraction of sp³-hybridized carbons (Fsp3) is 0.500. The Morgan fingerprint density at radius 1 is 1.67 bits per heavy atom. The largest absolute Gasteiger partial charge is 0.359 e. The van der Waals surface area contributed by atoms with Crippen LogP contribution in [0.4, 0.5) is 0 Å². The molecule has 0 N–H and O–H groups in total. The molecular formula is C6H10N4O2. The summed E-state index contributed by atoms with van der Waals surface area (Å²) in [5.74, 6) is 0. The van der Waals surface area contributed by atoms with Gasteiger partial charge >= 0.3 is 0 Å². The highest BCUT2D eigenvalue weighted by Gasteiger charge is 2.10. The molecule has 1 rings (SSSR count). The van der Waals surface area contributed by atoms with Gasteiger partial charge in [0.2, 0.25) is 11.4 Å². The molecule has 0 spiro atoms. The molecule has 0 saturated carbocycles. The quantitative estimate of drug-likeness (QED) is 0.341. The van der Waals surface area contributed by atoms with E-state index >= 15 is 0 Å². The van der Waals surface area contributed by atoms with Gasteiger partial charge in [0.15, 0.2) is 0 Å². The Bertz CT molecular complexity index is 272. The third-order valence-corrected chi connectivity index (χ3v) is 1.23. The van der Waals surface area contributed by atoms with Crippen LogP contribution >= 0.6 is 0 Å². The van der Waals surface area contributed by atoms with Gasteiger partial charge in [-0.1, -0.05) is 0 Å². The van der Waals surface area contributed by atoms with E-state index < -0.39 is 0 Å². The van der Waals surface area contributed by atoms with Gasteiger partial charge in [0.25, 0.3) is 0 Å². The van der Waals surface area contributed by atoms with Gasteiger partial charge in [-0.2, -0.15) is 5.10 Å². The second-order valence-corrected chi connectivity index (χ2v) is 2.49. The fourth-order valence-electron chi connectivity index (χ4n) is 0.632. The molecule has 0 atom stereocenters. The average molecular weight is 170 g/mol. The van der Waals surface area contributed by atoms with E-state index in [4.69, 9.17) is 0 Å². The smallest absolute Gasteiger partial charge is 0.241 e. The zero-order valence-electron chi connectivity index (χ0n) is 7.18. The van der Waals surface area contributed by atoms with Crippen LogP contribution in [0.5, 0.6) is 0 Å². The Labute approximate surface area is 69.6 Å². The van der Waals surface area contributed by atoms with E-state index in [1.807, 2.05) is 0 Å². The highest BCUT2D eigenvalue weighted by molar-refractivity contribution is 5.75. The lowest BCUT2D eigenvalue weighted by Crippen LogP contribution is -2.28. The summed E-state index contributed by atoms with van der Waals surface area (Å²) in [5.41, 5.74) is 0.847. The van der Waals surface area contributed by atoms with Gasteiger partial charge in [0, 0.05) is 26.2 Å². The highest BCUT2D eigenvalue weighted by atomic mass is 16.8. The van der Waals surface area contributed by atoms with Crippen molar-refractivity contribution in [2.45, 2.75) is 6.92 Å². The molecule has 6 nitrogen and oxygen atoms in total. The Morgan fingerprint density at radius 2 is 2.33 bits per heavy atom. The van der Waals surface area contributed by atoms with Crippen LogP contribution in [-0.2, 0) is 0 Å². The molecular weight excluding hydrogens is 160 g/mol. The van der Waals surface area contributed by atoms with Gasteiger partial charge in [-0.25, -0.2) is 0 Å². The molecule has 0 amide bonds. The van der Waals surface area contributed by atoms with Crippen LogP contribution in [0.15, 0.2) is 9.73 Å². The van der Waals surface area contributed by atoms with Gasteiger partial charge in [0.1, 0.15) is 6.21 Å². The van der Waals surface area contributed by atoms with Gasteiger partial charge in [-0.05, 0) is 4.90 Å². The van der Waals surface area contributed by atoms with Crippen LogP contribution in [0.1, 0.15) is 11.4 Å². The Hall–Kier alpha value is -1.59. The molecule has 0 aliphatic heterocycles. The predicted molar refractivity (Wildman–Crippen MR) is 41.5 cm³/mol. The lowest BCUT2D eigenvalue weighted by Gasteiger charge is -2.00. The topological polar surface area (TPSA) is 68.6 Å². The molecule has 0 saturated heterocycles. The molecule has 0 aliphatic rings. The second-order valence-electron chi connectivity index (χ2n) is 2.49. The molecule has 1 aromatic rings. The summed E-state index contributed by atoms with van der Waals surface area (Å²) in [6.07, 6.45) is 1.40. The lowest BCUT2D eigenvalue weighted by atomic mass is 10.4. The molecule has 0 unspecified atom stereocenters. The molecule has 66 valence electrons. The van der Waals surface area contributed by atoms with Gasteiger partial charge in [-0.15, -0.1) is 0 Å². The predicted octanol–water partition coefficient (Wildman–Crippen LogP) is -0.488. The lowest BCUT2D eigenvalue weighted by molar-refractivity contribution is -0.803. The summed E-state index contributed by atoms with van der Waals surface area (Å²) in [5, 5.41) is 19.7. The van der Waals surface area contributed by atoms with Crippen LogP contribution < -0.4 is 4.90 Å². The SMILES string of the molecule is Cc1no[n+]([O-])c1/C=N/N(C)C. The van der Waals surface area contributed by atoms with E-state index in [1.54, 1.807) is 26.0 Å². The van der Waals surface area contributed by atoms with Gasteiger partial charge in [0.05, 0.1) is 0 Å². The third-order valence-electron chi connectivity index (χ3n) is 1.23. The van der Waals surface area contributed by atoms with Crippen molar-refractivity contribution < 1.29 is 9.53 Å². The number of rotatable bonds is 2. The van der Waals surface area contributed by atoms with Crippen molar-refractivity contribution in [2.24, 2.45) is 5.10 Å². The first-order valence-corrected chi connectivity index (χ1v) is 3.39. The van der Waals surface area contributed by atoms with Crippen molar-refractivity contribution in [1.82, 2.24) is 10.2 Å². The summed E-state index contributed by atoms with van der Waals surface area (Å²) >= 11 is 0. The number of hydrogen-bond donors (Lipinski definition) is 0. The van der Waals surface area contributed by atoms with E-state index in [0.717, 1.165) is 0 Å². The second kappa shape index (κ2) is 3.21. The molecule has 0 radical (unpaired) electrons. The molecule has 0 aliphatic carbocycles. The van der Waals surface area contributed by atoms with Crippen LogP contribution in [0, 0.1) is 12.1 Å². The van der Waals surface area contributed by atoms with E-state index in [1.165, 1.54) is 6.21 Å². The molecule has 0 aromatic carbocycles. The first kappa shape index (κ1) is 8.51. The van der Waals surface area contributed by atoms with Crippen molar-refractivity contribution in [3.63, 3.8) is 0 Å². The van der Waals surface area contributed by atoms with Gasteiger partial charge in [-0.3, -0.25) is 4.63 Å². The maximum Gasteiger partial charge on any atom is 0.241 e. The standard InChI is InChI=1S/C6H10N4O2/c1-5-6(4-7-9(2)3)10(11)12-8-5/h4H,1-3H3/b7-4+. The van der Waals surface area contributed by atoms with Crippen molar-refractivity contribution in [3.05, 3.63) is 16.6 Å².